The van der Waals surface area contributed by atoms with E-state index < -0.39 is 0 Å². The molecule has 0 aromatic heterocycles. The molecule has 0 radical (unpaired) electrons. The molecule has 0 unspecified atom stereocenters. The molecule has 0 spiro atoms. The van der Waals surface area contributed by atoms with Gasteiger partial charge < -0.3 is 4.74 Å². The predicted octanol–water partition coefficient (Wildman–Crippen LogP) is 3.22. The molecule has 0 atom stereocenters. The molecule has 0 bridgehead atoms. The van der Waals surface area contributed by atoms with Crippen LogP contribution in [0.4, 0.5) is 0 Å². The van der Waals surface area contributed by atoms with E-state index in [1.807, 2.05) is 36.4 Å². The molecular formula is C18H18O2. The normalized spacial score (nSPS) is 14.1. The Labute approximate surface area is 119 Å². The third kappa shape index (κ3) is 2.60. The number of carbonyl (C=O) groups excluding carboxylic acids is 1. The van der Waals surface area contributed by atoms with Crippen molar-refractivity contribution in [2.45, 2.75) is 19.3 Å². The second-order valence-corrected chi connectivity index (χ2v) is 5.37. The fraction of sp³-hybridized carbons (Fsp3) is 0.278. The molecule has 2 aromatic carbocycles. The van der Waals surface area contributed by atoms with E-state index >= 15 is 0 Å². The molecule has 2 aromatic rings. The van der Waals surface area contributed by atoms with Crippen LogP contribution in [0.25, 0.3) is 0 Å². The Bertz CT molecular complexity index is 606. The van der Waals surface area contributed by atoms with Crippen molar-refractivity contribution < 1.29 is 9.53 Å². The first-order valence-electron chi connectivity index (χ1n) is 6.98. The van der Waals surface area contributed by atoms with Gasteiger partial charge in [-0.1, -0.05) is 36.4 Å². The van der Waals surface area contributed by atoms with E-state index in [1.54, 1.807) is 7.11 Å². The number of Topliss-reactive ketones (excluding diaryl/α,β-unsaturated/α-hetero) is 1. The molecule has 0 fully saturated rings. The number of ketones is 1. The zero-order valence-corrected chi connectivity index (χ0v) is 11.6. The molecule has 0 amide bonds. The number of carbonyl (C=O) groups is 1. The van der Waals surface area contributed by atoms with E-state index in [4.69, 9.17) is 4.74 Å². The number of hydrogen-bond donors (Lipinski definition) is 0. The summed E-state index contributed by atoms with van der Waals surface area (Å²) in [6, 6.07) is 16.1. The van der Waals surface area contributed by atoms with Gasteiger partial charge in [-0.15, -0.1) is 0 Å². The Balaban J connectivity index is 1.69. The van der Waals surface area contributed by atoms with Crippen molar-refractivity contribution in [2.24, 2.45) is 5.92 Å². The summed E-state index contributed by atoms with van der Waals surface area (Å²) < 4.78 is 5.20. The lowest BCUT2D eigenvalue weighted by Crippen LogP contribution is -2.17. The van der Waals surface area contributed by atoms with E-state index in [9.17, 15) is 4.79 Å². The minimum absolute atomic E-state index is 0.138. The number of hydrogen-bond acceptors (Lipinski definition) is 2. The second-order valence-electron chi connectivity index (χ2n) is 5.37. The van der Waals surface area contributed by atoms with Crippen molar-refractivity contribution >= 4 is 5.78 Å². The van der Waals surface area contributed by atoms with E-state index in [2.05, 4.69) is 12.1 Å². The van der Waals surface area contributed by atoms with Gasteiger partial charge in [0.25, 0.3) is 0 Å². The largest absolute Gasteiger partial charge is 0.497 e. The standard InChI is InChI=1S/C18H18O2/c1-20-17-8-4-5-13(9-17)10-18(19)16-11-14-6-2-3-7-15(14)12-16/h2-9,16H,10-12H2,1H3. The van der Waals surface area contributed by atoms with Crippen molar-refractivity contribution in [1.29, 1.82) is 0 Å². The Kier molecular flexibility index (Phi) is 3.55. The molecule has 0 N–H and O–H groups in total. The van der Waals surface area contributed by atoms with E-state index in [-0.39, 0.29) is 5.92 Å². The smallest absolute Gasteiger partial charge is 0.140 e. The highest BCUT2D eigenvalue weighted by atomic mass is 16.5. The maximum Gasteiger partial charge on any atom is 0.140 e. The Morgan fingerprint density at radius 3 is 2.45 bits per heavy atom. The Hall–Kier alpha value is -2.09. The fourth-order valence-corrected chi connectivity index (χ4v) is 2.91. The molecule has 20 heavy (non-hydrogen) atoms. The lowest BCUT2D eigenvalue weighted by Gasteiger charge is -2.09. The van der Waals surface area contributed by atoms with Crippen LogP contribution in [0.15, 0.2) is 48.5 Å². The molecular weight excluding hydrogens is 248 g/mol. The summed E-state index contributed by atoms with van der Waals surface area (Å²) in [5.41, 5.74) is 3.69. The number of fused-ring (bicyclic) bond motifs is 1. The lowest BCUT2D eigenvalue weighted by atomic mass is 9.95. The van der Waals surface area contributed by atoms with E-state index in [1.165, 1.54) is 11.1 Å². The van der Waals surface area contributed by atoms with Crippen molar-refractivity contribution in [3.05, 3.63) is 65.2 Å². The van der Waals surface area contributed by atoms with Crippen LogP contribution >= 0.6 is 0 Å². The van der Waals surface area contributed by atoms with Gasteiger partial charge in [-0.25, -0.2) is 0 Å². The molecule has 0 saturated carbocycles. The third-order valence-electron chi connectivity index (χ3n) is 4.02. The van der Waals surface area contributed by atoms with Crippen LogP contribution in [0, 0.1) is 5.92 Å². The number of rotatable bonds is 4. The highest BCUT2D eigenvalue weighted by Gasteiger charge is 2.26. The van der Waals surface area contributed by atoms with Crippen molar-refractivity contribution in [1.82, 2.24) is 0 Å². The molecule has 0 saturated heterocycles. The number of benzene rings is 2. The summed E-state index contributed by atoms with van der Waals surface area (Å²) in [5.74, 6) is 1.28. The molecule has 2 nitrogen and oxygen atoms in total. The zero-order chi connectivity index (χ0) is 13.9. The Morgan fingerprint density at radius 2 is 1.80 bits per heavy atom. The van der Waals surface area contributed by atoms with Gasteiger partial charge in [0.2, 0.25) is 0 Å². The average molecular weight is 266 g/mol. The van der Waals surface area contributed by atoms with Gasteiger partial charge in [-0.2, -0.15) is 0 Å². The quantitative estimate of drug-likeness (QED) is 0.849. The first-order chi connectivity index (χ1) is 9.76. The van der Waals surface area contributed by atoms with E-state index in [0.29, 0.717) is 12.2 Å². The summed E-state index contributed by atoms with van der Waals surface area (Å²) in [4.78, 5) is 12.4. The summed E-state index contributed by atoms with van der Waals surface area (Å²) in [7, 11) is 1.65. The minimum Gasteiger partial charge on any atom is -0.497 e. The molecule has 3 rings (SSSR count). The summed E-state index contributed by atoms with van der Waals surface area (Å²) in [6.45, 7) is 0. The minimum atomic E-state index is 0.138. The van der Waals surface area contributed by atoms with Crippen LogP contribution in [0.3, 0.4) is 0 Å². The van der Waals surface area contributed by atoms with Crippen LogP contribution in [0.5, 0.6) is 5.75 Å². The van der Waals surface area contributed by atoms with Crippen LogP contribution in [0.1, 0.15) is 16.7 Å². The predicted molar refractivity (Wildman–Crippen MR) is 79.0 cm³/mol. The first kappa shape index (κ1) is 12.9. The van der Waals surface area contributed by atoms with Crippen LogP contribution < -0.4 is 4.74 Å². The molecule has 0 heterocycles. The van der Waals surface area contributed by atoms with Gasteiger partial charge >= 0.3 is 0 Å². The van der Waals surface area contributed by atoms with Gasteiger partial charge in [0, 0.05) is 12.3 Å². The SMILES string of the molecule is COc1cccc(CC(=O)C2Cc3ccccc3C2)c1. The summed E-state index contributed by atoms with van der Waals surface area (Å²) in [6.07, 6.45) is 2.27. The average Bonchev–Trinajstić information content (AvgIpc) is 2.91. The van der Waals surface area contributed by atoms with Crippen LogP contribution in [-0.2, 0) is 24.1 Å². The second kappa shape index (κ2) is 5.49. The molecule has 1 aliphatic carbocycles. The maximum absolute atomic E-state index is 12.4. The monoisotopic (exact) mass is 266 g/mol. The van der Waals surface area contributed by atoms with Gasteiger partial charge in [-0.05, 0) is 41.7 Å². The van der Waals surface area contributed by atoms with Crippen LogP contribution in [0.2, 0.25) is 0 Å². The van der Waals surface area contributed by atoms with E-state index in [0.717, 1.165) is 24.2 Å². The molecule has 0 aliphatic heterocycles. The van der Waals surface area contributed by atoms with Gasteiger partial charge in [0.05, 0.1) is 7.11 Å². The third-order valence-corrected chi connectivity index (χ3v) is 4.02. The molecule has 2 heteroatoms. The van der Waals surface area contributed by atoms with Crippen LogP contribution in [-0.4, -0.2) is 12.9 Å². The van der Waals surface area contributed by atoms with Gasteiger partial charge in [0.1, 0.15) is 11.5 Å². The number of methoxy groups -OCH3 is 1. The van der Waals surface area contributed by atoms with Crippen molar-refractivity contribution in [3.8, 4) is 5.75 Å². The topological polar surface area (TPSA) is 26.3 Å². The van der Waals surface area contributed by atoms with Gasteiger partial charge in [-0.3, -0.25) is 4.79 Å². The number of ether oxygens (including phenoxy) is 1. The summed E-state index contributed by atoms with van der Waals surface area (Å²) >= 11 is 0. The maximum atomic E-state index is 12.4. The summed E-state index contributed by atoms with van der Waals surface area (Å²) in [5, 5.41) is 0. The fourth-order valence-electron chi connectivity index (χ4n) is 2.91. The highest BCUT2D eigenvalue weighted by Crippen LogP contribution is 2.28. The lowest BCUT2D eigenvalue weighted by molar-refractivity contribution is -0.121. The van der Waals surface area contributed by atoms with Crippen molar-refractivity contribution in [3.63, 3.8) is 0 Å². The van der Waals surface area contributed by atoms with Gasteiger partial charge in [0.15, 0.2) is 0 Å². The molecule has 102 valence electrons. The highest BCUT2D eigenvalue weighted by molar-refractivity contribution is 5.84. The van der Waals surface area contributed by atoms with Crippen molar-refractivity contribution in [2.75, 3.05) is 7.11 Å². The zero-order valence-electron chi connectivity index (χ0n) is 11.6. The molecule has 1 aliphatic rings. The first-order valence-corrected chi connectivity index (χ1v) is 6.98. The Morgan fingerprint density at radius 1 is 1.10 bits per heavy atom.